The van der Waals surface area contributed by atoms with Gasteiger partial charge in [0.1, 0.15) is 12.2 Å². The molecule has 0 aliphatic rings. The second-order valence-electron chi connectivity index (χ2n) is 6.19. The van der Waals surface area contributed by atoms with Gasteiger partial charge in [0.2, 0.25) is 0 Å². The van der Waals surface area contributed by atoms with E-state index in [0.29, 0.717) is 6.42 Å². The van der Waals surface area contributed by atoms with E-state index in [2.05, 4.69) is 0 Å². The number of ether oxygens (including phenoxy) is 2. The number of hydrogen-bond acceptors (Lipinski definition) is 4. The highest BCUT2D eigenvalue weighted by Crippen LogP contribution is 2.20. The second-order valence-corrected chi connectivity index (χ2v) is 6.19. The molecule has 0 fully saturated rings. The minimum Gasteiger partial charge on any atom is -0.432 e. The Kier molecular flexibility index (Phi) is 5.26. The van der Waals surface area contributed by atoms with E-state index in [-0.39, 0.29) is 12.0 Å². The van der Waals surface area contributed by atoms with E-state index in [4.69, 9.17) is 9.47 Å². The standard InChI is InChI=1S/C12H24O4/c1-11(2,3)7-9(13)8-15-10(14)16-12(4,5)6/h9,13H,7-8H2,1-6H3. The van der Waals surface area contributed by atoms with Crippen LogP contribution in [0.3, 0.4) is 0 Å². The molecule has 0 aromatic carbocycles. The molecule has 0 saturated carbocycles. The maximum atomic E-state index is 11.2. The summed E-state index contributed by atoms with van der Waals surface area (Å²) in [6.45, 7) is 11.3. The van der Waals surface area contributed by atoms with Gasteiger partial charge in [-0.3, -0.25) is 0 Å². The molecule has 1 N–H and O–H groups in total. The molecule has 0 aliphatic carbocycles. The lowest BCUT2D eigenvalue weighted by molar-refractivity contribution is -0.0301. The Hall–Kier alpha value is -0.770. The summed E-state index contributed by atoms with van der Waals surface area (Å²) in [5.74, 6) is 0. The van der Waals surface area contributed by atoms with Gasteiger partial charge in [-0.1, -0.05) is 20.8 Å². The molecule has 96 valence electrons. The molecule has 4 heteroatoms. The number of rotatable bonds is 3. The lowest BCUT2D eigenvalue weighted by atomic mass is 9.89. The third-order valence-corrected chi connectivity index (χ3v) is 1.63. The number of aliphatic hydroxyl groups excluding tert-OH is 1. The summed E-state index contributed by atoms with van der Waals surface area (Å²) in [5.41, 5.74) is -0.553. The van der Waals surface area contributed by atoms with E-state index in [1.807, 2.05) is 20.8 Å². The van der Waals surface area contributed by atoms with E-state index in [1.54, 1.807) is 20.8 Å². The van der Waals surface area contributed by atoms with E-state index < -0.39 is 17.9 Å². The number of carbonyl (C=O) groups is 1. The average molecular weight is 232 g/mol. The maximum absolute atomic E-state index is 11.2. The molecule has 0 radical (unpaired) electrons. The average Bonchev–Trinajstić information content (AvgIpc) is 1.94. The van der Waals surface area contributed by atoms with Crippen molar-refractivity contribution in [3.8, 4) is 0 Å². The summed E-state index contributed by atoms with van der Waals surface area (Å²) < 4.78 is 9.76. The number of carbonyl (C=O) groups excluding carboxylic acids is 1. The topological polar surface area (TPSA) is 55.8 Å². The molecule has 0 rings (SSSR count). The first-order valence-electron chi connectivity index (χ1n) is 5.53. The van der Waals surface area contributed by atoms with Gasteiger partial charge in [0.25, 0.3) is 0 Å². The number of aliphatic hydroxyl groups is 1. The van der Waals surface area contributed by atoms with E-state index in [1.165, 1.54) is 0 Å². The first-order chi connectivity index (χ1) is 6.99. The lowest BCUT2D eigenvalue weighted by Crippen LogP contribution is -2.28. The van der Waals surface area contributed by atoms with Gasteiger partial charge in [-0.2, -0.15) is 0 Å². The molecule has 0 heterocycles. The van der Waals surface area contributed by atoms with E-state index >= 15 is 0 Å². The minimum atomic E-state index is -0.736. The van der Waals surface area contributed by atoms with Crippen molar-refractivity contribution in [1.29, 1.82) is 0 Å². The van der Waals surface area contributed by atoms with Crippen molar-refractivity contribution >= 4 is 6.16 Å². The quantitative estimate of drug-likeness (QED) is 0.760. The van der Waals surface area contributed by atoms with E-state index in [9.17, 15) is 9.90 Å². The molecule has 0 amide bonds. The Balaban J connectivity index is 3.85. The Morgan fingerprint density at radius 2 is 1.69 bits per heavy atom. The fourth-order valence-electron chi connectivity index (χ4n) is 1.21. The maximum Gasteiger partial charge on any atom is 0.508 e. The Morgan fingerprint density at radius 1 is 1.19 bits per heavy atom. The third kappa shape index (κ3) is 9.77. The minimum absolute atomic E-state index is 0.0106. The molecular weight excluding hydrogens is 208 g/mol. The van der Waals surface area contributed by atoms with Crippen molar-refractivity contribution in [2.45, 2.75) is 59.7 Å². The lowest BCUT2D eigenvalue weighted by Gasteiger charge is -2.23. The van der Waals surface area contributed by atoms with Crippen LogP contribution in [0, 0.1) is 5.41 Å². The zero-order valence-corrected chi connectivity index (χ0v) is 11.2. The molecule has 4 nitrogen and oxygen atoms in total. The molecule has 0 aromatic rings. The van der Waals surface area contributed by atoms with Crippen LogP contribution < -0.4 is 0 Å². The van der Waals surface area contributed by atoms with Crippen molar-refractivity contribution in [2.75, 3.05) is 6.61 Å². The van der Waals surface area contributed by atoms with Crippen molar-refractivity contribution in [1.82, 2.24) is 0 Å². The zero-order chi connectivity index (χ0) is 13.0. The largest absolute Gasteiger partial charge is 0.508 e. The summed E-state index contributed by atoms with van der Waals surface area (Å²) in [4.78, 5) is 11.2. The van der Waals surface area contributed by atoms with Crippen LogP contribution in [-0.2, 0) is 9.47 Å². The van der Waals surface area contributed by atoms with Gasteiger partial charge in [-0.15, -0.1) is 0 Å². The Labute approximate surface area is 97.9 Å². The third-order valence-electron chi connectivity index (χ3n) is 1.63. The molecule has 0 aromatic heterocycles. The summed E-state index contributed by atoms with van der Waals surface area (Å²) in [7, 11) is 0. The zero-order valence-electron chi connectivity index (χ0n) is 11.2. The molecule has 0 aliphatic heterocycles. The smallest absolute Gasteiger partial charge is 0.432 e. The summed E-state index contributed by atoms with van der Waals surface area (Å²) in [6, 6.07) is 0. The highest BCUT2D eigenvalue weighted by Gasteiger charge is 2.21. The van der Waals surface area contributed by atoms with Crippen molar-refractivity contribution < 1.29 is 19.4 Å². The van der Waals surface area contributed by atoms with E-state index in [0.717, 1.165) is 0 Å². The number of hydrogen-bond donors (Lipinski definition) is 1. The molecular formula is C12H24O4. The monoisotopic (exact) mass is 232 g/mol. The van der Waals surface area contributed by atoms with Crippen LogP contribution in [0.15, 0.2) is 0 Å². The van der Waals surface area contributed by atoms with Crippen molar-refractivity contribution in [3.05, 3.63) is 0 Å². The van der Waals surface area contributed by atoms with Crippen LogP contribution >= 0.6 is 0 Å². The van der Waals surface area contributed by atoms with Crippen molar-refractivity contribution in [3.63, 3.8) is 0 Å². The molecule has 1 unspecified atom stereocenters. The first-order valence-corrected chi connectivity index (χ1v) is 5.53. The van der Waals surface area contributed by atoms with Gasteiger partial charge in [-0.05, 0) is 32.6 Å². The van der Waals surface area contributed by atoms with Crippen LogP contribution in [0.25, 0.3) is 0 Å². The second kappa shape index (κ2) is 5.53. The van der Waals surface area contributed by atoms with Gasteiger partial charge in [0.15, 0.2) is 0 Å². The molecule has 0 spiro atoms. The Bertz CT molecular complexity index is 222. The van der Waals surface area contributed by atoms with Crippen LogP contribution in [0.5, 0.6) is 0 Å². The van der Waals surface area contributed by atoms with Gasteiger partial charge >= 0.3 is 6.16 Å². The molecule has 0 saturated heterocycles. The highest BCUT2D eigenvalue weighted by atomic mass is 16.7. The van der Waals surface area contributed by atoms with Crippen LogP contribution in [0.1, 0.15) is 48.0 Å². The highest BCUT2D eigenvalue weighted by molar-refractivity contribution is 5.60. The van der Waals surface area contributed by atoms with Crippen LogP contribution in [-0.4, -0.2) is 29.6 Å². The van der Waals surface area contributed by atoms with Gasteiger partial charge < -0.3 is 14.6 Å². The van der Waals surface area contributed by atoms with Gasteiger partial charge in [0.05, 0.1) is 6.10 Å². The fraction of sp³-hybridized carbons (Fsp3) is 0.917. The van der Waals surface area contributed by atoms with Gasteiger partial charge in [0, 0.05) is 0 Å². The summed E-state index contributed by atoms with van der Waals surface area (Å²) >= 11 is 0. The molecule has 16 heavy (non-hydrogen) atoms. The fourth-order valence-corrected chi connectivity index (χ4v) is 1.21. The SMILES string of the molecule is CC(C)(C)CC(O)COC(=O)OC(C)(C)C. The molecule has 0 bridgehead atoms. The molecule has 1 atom stereocenters. The summed E-state index contributed by atoms with van der Waals surface area (Å²) in [5, 5.41) is 9.60. The van der Waals surface area contributed by atoms with Crippen LogP contribution in [0.4, 0.5) is 4.79 Å². The van der Waals surface area contributed by atoms with Crippen LogP contribution in [0.2, 0.25) is 0 Å². The summed E-state index contributed by atoms with van der Waals surface area (Å²) in [6.07, 6.45) is -0.802. The predicted molar refractivity (Wildman–Crippen MR) is 62.3 cm³/mol. The van der Waals surface area contributed by atoms with Gasteiger partial charge in [-0.25, -0.2) is 4.79 Å². The predicted octanol–water partition coefficient (Wildman–Crippen LogP) is 2.74. The Morgan fingerprint density at radius 3 is 2.06 bits per heavy atom. The first kappa shape index (κ1) is 15.2. The van der Waals surface area contributed by atoms with Crippen molar-refractivity contribution in [2.24, 2.45) is 5.41 Å². The normalized spacial score (nSPS) is 14.4.